The van der Waals surface area contributed by atoms with E-state index in [4.69, 9.17) is 0 Å². The maximum Gasteiger partial charge on any atom is 0.263 e. The Morgan fingerprint density at radius 1 is 1.25 bits per heavy atom. The summed E-state index contributed by atoms with van der Waals surface area (Å²) < 4.78 is 2.27. The second kappa shape index (κ2) is 6.29. The number of carbonyl (C=O) groups excluding carboxylic acids is 1. The van der Waals surface area contributed by atoms with Crippen LogP contribution in [0.4, 0.5) is 0 Å². The molecule has 0 atom stereocenters. The number of fused-ring (bicyclic) bond motifs is 1. The highest BCUT2D eigenvalue weighted by atomic mass is 32.1. The van der Waals surface area contributed by atoms with E-state index in [1.54, 1.807) is 11.3 Å². The Balaban J connectivity index is 1.43. The summed E-state index contributed by atoms with van der Waals surface area (Å²) in [6.07, 6.45) is 1.95. The Morgan fingerprint density at radius 2 is 2.04 bits per heavy atom. The van der Waals surface area contributed by atoms with Crippen molar-refractivity contribution in [1.29, 1.82) is 0 Å². The third-order valence-corrected chi connectivity index (χ3v) is 6.32. The summed E-state index contributed by atoms with van der Waals surface area (Å²) in [6.45, 7) is 8.49. The van der Waals surface area contributed by atoms with Crippen LogP contribution >= 0.6 is 11.3 Å². The number of aryl methyl sites for hydroxylation is 2. The average Bonchev–Trinajstić information content (AvgIpc) is 3.18. The number of likely N-dealkylation sites (tertiary alicyclic amines) is 1. The number of hydrogen-bond acceptors (Lipinski definition) is 5. The molecular formula is C17H23N5OS. The second-order valence-electron chi connectivity index (χ2n) is 6.72. The number of hydrogen-bond donors (Lipinski definition) is 1. The van der Waals surface area contributed by atoms with Crippen LogP contribution in [-0.2, 0) is 13.1 Å². The third kappa shape index (κ3) is 2.75. The fourth-order valence-electron chi connectivity index (χ4n) is 3.59. The molecule has 1 saturated heterocycles. The third-order valence-electron chi connectivity index (χ3n) is 5.18. The number of amides is 1. The van der Waals surface area contributed by atoms with E-state index in [1.165, 1.54) is 10.4 Å². The van der Waals surface area contributed by atoms with Crippen molar-refractivity contribution >= 4 is 17.2 Å². The number of rotatable bonds is 2. The van der Waals surface area contributed by atoms with Crippen LogP contribution in [0.15, 0.2) is 6.07 Å². The van der Waals surface area contributed by atoms with E-state index in [9.17, 15) is 4.79 Å². The largest absolute Gasteiger partial charge is 0.338 e. The molecule has 0 radical (unpaired) electrons. The minimum atomic E-state index is 0.183. The van der Waals surface area contributed by atoms with E-state index < -0.39 is 0 Å². The quantitative estimate of drug-likeness (QED) is 0.905. The van der Waals surface area contributed by atoms with Crippen molar-refractivity contribution in [2.75, 3.05) is 19.6 Å². The minimum Gasteiger partial charge on any atom is -0.338 e. The van der Waals surface area contributed by atoms with Crippen LogP contribution < -0.4 is 5.32 Å². The molecule has 2 aliphatic rings. The van der Waals surface area contributed by atoms with Gasteiger partial charge in [0.15, 0.2) is 0 Å². The van der Waals surface area contributed by atoms with Crippen LogP contribution in [0.25, 0.3) is 0 Å². The van der Waals surface area contributed by atoms with Gasteiger partial charge in [-0.05, 0) is 38.3 Å². The molecule has 1 N–H and O–H groups in total. The van der Waals surface area contributed by atoms with E-state index in [-0.39, 0.29) is 5.91 Å². The molecule has 6 nitrogen and oxygen atoms in total. The van der Waals surface area contributed by atoms with Gasteiger partial charge in [-0.2, -0.15) is 0 Å². The van der Waals surface area contributed by atoms with Gasteiger partial charge in [0.25, 0.3) is 5.91 Å². The number of thiophene rings is 1. The van der Waals surface area contributed by atoms with E-state index in [1.807, 2.05) is 11.0 Å². The van der Waals surface area contributed by atoms with Crippen LogP contribution in [0.3, 0.4) is 0 Å². The highest BCUT2D eigenvalue weighted by Crippen LogP contribution is 2.30. The monoisotopic (exact) mass is 345 g/mol. The summed E-state index contributed by atoms with van der Waals surface area (Å²) in [6, 6.07) is 2.02. The van der Waals surface area contributed by atoms with Crippen molar-refractivity contribution in [1.82, 2.24) is 25.0 Å². The maximum atomic E-state index is 12.7. The Kier molecular flexibility index (Phi) is 4.14. The molecule has 7 heteroatoms. The van der Waals surface area contributed by atoms with Crippen molar-refractivity contribution in [3.05, 3.63) is 33.0 Å². The molecule has 24 heavy (non-hydrogen) atoms. The zero-order valence-electron chi connectivity index (χ0n) is 14.2. The molecule has 4 heterocycles. The van der Waals surface area contributed by atoms with Crippen LogP contribution in [0.1, 0.15) is 50.5 Å². The molecule has 1 fully saturated rings. The molecule has 0 aliphatic carbocycles. The maximum absolute atomic E-state index is 12.7. The van der Waals surface area contributed by atoms with Crippen molar-refractivity contribution in [2.24, 2.45) is 0 Å². The van der Waals surface area contributed by atoms with Crippen molar-refractivity contribution < 1.29 is 4.79 Å². The lowest BCUT2D eigenvalue weighted by molar-refractivity contribution is 0.0715. The predicted molar refractivity (Wildman–Crippen MR) is 93.4 cm³/mol. The zero-order valence-corrected chi connectivity index (χ0v) is 15.0. The zero-order chi connectivity index (χ0) is 16.7. The molecule has 2 aromatic rings. The van der Waals surface area contributed by atoms with Gasteiger partial charge in [0.1, 0.15) is 11.6 Å². The SMILES string of the molecule is Cc1cc(C(=O)N2CCC(c3nnc4n3CCNC4)CC2)sc1C. The molecule has 0 unspecified atom stereocenters. The Bertz CT molecular complexity index is 738. The van der Waals surface area contributed by atoms with Crippen molar-refractivity contribution in [3.8, 4) is 0 Å². The lowest BCUT2D eigenvalue weighted by atomic mass is 9.95. The van der Waals surface area contributed by atoms with E-state index in [0.717, 1.165) is 62.1 Å². The van der Waals surface area contributed by atoms with E-state index in [2.05, 4.69) is 33.9 Å². The van der Waals surface area contributed by atoms with Gasteiger partial charge in [-0.1, -0.05) is 0 Å². The van der Waals surface area contributed by atoms with Gasteiger partial charge in [0, 0.05) is 37.0 Å². The fourth-order valence-corrected chi connectivity index (χ4v) is 4.59. The molecule has 128 valence electrons. The summed E-state index contributed by atoms with van der Waals surface area (Å²) in [5, 5.41) is 12.1. The first kappa shape index (κ1) is 15.8. The van der Waals surface area contributed by atoms with Crippen LogP contribution in [0.2, 0.25) is 0 Å². The van der Waals surface area contributed by atoms with Crippen LogP contribution in [0.5, 0.6) is 0 Å². The Labute approximate surface area is 145 Å². The molecule has 4 rings (SSSR count). The Hall–Kier alpha value is -1.73. The van der Waals surface area contributed by atoms with Crippen molar-refractivity contribution in [2.45, 2.75) is 45.7 Å². The summed E-state index contributed by atoms with van der Waals surface area (Å²) in [7, 11) is 0. The van der Waals surface area contributed by atoms with Crippen LogP contribution in [-0.4, -0.2) is 45.2 Å². The highest BCUT2D eigenvalue weighted by molar-refractivity contribution is 7.14. The predicted octanol–water partition coefficient (Wildman–Crippen LogP) is 2.08. The summed E-state index contributed by atoms with van der Waals surface area (Å²) >= 11 is 1.61. The fraction of sp³-hybridized carbons (Fsp3) is 0.588. The smallest absolute Gasteiger partial charge is 0.263 e. The number of nitrogens with one attached hydrogen (secondary N) is 1. The number of piperidine rings is 1. The normalized spacial score (nSPS) is 18.7. The lowest BCUT2D eigenvalue weighted by Crippen LogP contribution is -2.38. The first-order valence-corrected chi connectivity index (χ1v) is 9.44. The van der Waals surface area contributed by atoms with Gasteiger partial charge in [-0.25, -0.2) is 0 Å². The number of carbonyl (C=O) groups is 1. The van der Waals surface area contributed by atoms with E-state index in [0.29, 0.717) is 5.92 Å². The van der Waals surface area contributed by atoms with Crippen LogP contribution in [0, 0.1) is 13.8 Å². The first-order chi connectivity index (χ1) is 11.6. The Morgan fingerprint density at radius 3 is 2.75 bits per heavy atom. The summed E-state index contributed by atoms with van der Waals surface area (Å²) in [4.78, 5) is 16.8. The molecule has 0 aromatic carbocycles. The van der Waals surface area contributed by atoms with Gasteiger partial charge in [-0.15, -0.1) is 21.5 Å². The summed E-state index contributed by atoms with van der Waals surface area (Å²) in [5.41, 5.74) is 1.21. The molecule has 0 spiro atoms. The number of aromatic nitrogens is 3. The van der Waals surface area contributed by atoms with Gasteiger partial charge in [0.05, 0.1) is 11.4 Å². The molecule has 1 amide bonds. The highest BCUT2D eigenvalue weighted by Gasteiger charge is 2.29. The molecule has 0 bridgehead atoms. The van der Waals surface area contributed by atoms with Gasteiger partial charge < -0.3 is 14.8 Å². The van der Waals surface area contributed by atoms with E-state index >= 15 is 0 Å². The molecule has 2 aliphatic heterocycles. The topological polar surface area (TPSA) is 63.1 Å². The average molecular weight is 345 g/mol. The minimum absolute atomic E-state index is 0.183. The van der Waals surface area contributed by atoms with Crippen molar-refractivity contribution in [3.63, 3.8) is 0 Å². The molecule has 0 saturated carbocycles. The molecular weight excluding hydrogens is 322 g/mol. The van der Waals surface area contributed by atoms with Gasteiger partial charge in [-0.3, -0.25) is 4.79 Å². The standard InChI is InChI=1S/C17H23N5OS/c1-11-9-14(24-12(11)2)17(23)21-6-3-13(4-7-21)16-20-19-15-10-18-5-8-22(15)16/h9,13,18H,3-8,10H2,1-2H3. The second-order valence-corrected chi connectivity index (χ2v) is 7.98. The number of nitrogens with zero attached hydrogens (tertiary/aromatic N) is 4. The lowest BCUT2D eigenvalue weighted by Gasteiger charge is -2.31. The first-order valence-electron chi connectivity index (χ1n) is 8.62. The summed E-state index contributed by atoms with van der Waals surface area (Å²) in [5.74, 6) is 2.75. The van der Waals surface area contributed by atoms with Gasteiger partial charge >= 0.3 is 0 Å². The molecule has 2 aromatic heterocycles. The van der Waals surface area contributed by atoms with Gasteiger partial charge in [0.2, 0.25) is 0 Å².